The van der Waals surface area contributed by atoms with Crippen molar-refractivity contribution >= 4 is 11.6 Å². The molecule has 0 heterocycles. The van der Waals surface area contributed by atoms with Gasteiger partial charge in [0.1, 0.15) is 5.75 Å². The quantitative estimate of drug-likeness (QED) is 0.548. The van der Waals surface area contributed by atoms with E-state index in [0.29, 0.717) is 17.5 Å². The Labute approximate surface area is 115 Å². The van der Waals surface area contributed by atoms with Gasteiger partial charge in [-0.3, -0.25) is 0 Å². The molecule has 0 aliphatic carbocycles. The molecule has 2 N–H and O–H groups in total. The molecular formula is C15H22ClNO. The summed E-state index contributed by atoms with van der Waals surface area (Å²) in [5.74, 6) is 0.960. The van der Waals surface area contributed by atoms with Gasteiger partial charge in [-0.25, -0.2) is 0 Å². The van der Waals surface area contributed by atoms with Crippen molar-refractivity contribution in [2.24, 2.45) is 5.92 Å². The normalized spacial score (nSPS) is 12.3. The van der Waals surface area contributed by atoms with E-state index in [0.717, 1.165) is 24.9 Å². The van der Waals surface area contributed by atoms with Gasteiger partial charge in [0, 0.05) is 17.1 Å². The lowest BCUT2D eigenvalue weighted by molar-refractivity contribution is 0.445. The summed E-state index contributed by atoms with van der Waals surface area (Å²) in [6, 6.07) is 5.22. The average Bonchev–Trinajstić information content (AvgIpc) is 2.35. The summed E-state index contributed by atoms with van der Waals surface area (Å²) in [4.78, 5) is 0. The van der Waals surface area contributed by atoms with Gasteiger partial charge in [-0.1, -0.05) is 37.1 Å². The van der Waals surface area contributed by atoms with Crippen molar-refractivity contribution in [1.29, 1.82) is 0 Å². The van der Waals surface area contributed by atoms with Crippen LogP contribution < -0.4 is 5.32 Å². The number of hydrogen-bond acceptors (Lipinski definition) is 2. The first-order valence-corrected chi connectivity index (χ1v) is 6.84. The van der Waals surface area contributed by atoms with Crippen LogP contribution in [0.4, 0.5) is 0 Å². The van der Waals surface area contributed by atoms with Crippen molar-refractivity contribution in [3.63, 3.8) is 0 Å². The Balaban J connectivity index is 2.31. The molecule has 0 saturated carbocycles. The zero-order valence-corrected chi connectivity index (χ0v) is 11.7. The van der Waals surface area contributed by atoms with E-state index in [1.165, 1.54) is 6.42 Å². The molecule has 0 spiro atoms. The fourth-order valence-electron chi connectivity index (χ4n) is 1.94. The smallest absolute Gasteiger partial charge is 0.121 e. The molecule has 0 fully saturated rings. The zero-order valence-electron chi connectivity index (χ0n) is 11.0. The summed E-state index contributed by atoms with van der Waals surface area (Å²) >= 11 is 5.78. The minimum Gasteiger partial charge on any atom is -0.508 e. The van der Waals surface area contributed by atoms with Crippen LogP contribution in [0.5, 0.6) is 5.75 Å². The van der Waals surface area contributed by atoms with Gasteiger partial charge in [-0.2, -0.15) is 0 Å². The molecule has 100 valence electrons. The highest BCUT2D eigenvalue weighted by Crippen LogP contribution is 2.21. The molecule has 3 heteroatoms. The Kier molecular flexibility index (Phi) is 6.84. The van der Waals surface area contributed by atoms with Crippen LogP contribution >= 0.6 is 11.6 Å². The molecule has 0 bridgehead atoms. The molecule has 0 radical (unpaired) electrons. The molecule has 1 aromatic carbocycles. The van der Waals surface area contributed by atoms with Crippen molar-refractivity contribution in [2.75, 3.05) is 6.54 Å². The molecule has 1 aromatic rings. The van der Waals surface area contributed by atoms with Crippen LogP contribution in [0.25, 0.3) is 0 Å². The van der Waals surface area contributed by atoms with Crippen molar-refractivity contribution in [3.8, 4) is 5.75 Å². The molecular weight excluding hydrogens is 246 g/mol. The van der Waals surface area contributed by atoms with Gasteiger partial charge in [0.25, 0.3) is 0 Å². The predicted octanol–water partition coefficient (Wildman–Crippen LogP) is 4.13. The first kappa shape index (κ1) is 15.1. The highest BCUT2D eigenvalue weighted by Gasteiger charge is 2.05. The van der Waals surface area contributed by atoms with Crippen LogP contribution in [-0.2, 0) is 6.54 Å². The third kappa shape index (κ3) is 5.11. The minimum atomic E-state index is 0.258. The van der Waals surface area contributed by atoms with E-state index in [2.05, 4.69) is 18.8 Å². The summed E-state index contributed by atoms with van der Waals surface area (Å²) in [5, 5.41) is 13.6. The van der Waals surface area contributed by atoms with Gasteiger partial charge < -0.3 is 10.4 Å². The van der Waals surface area contributed by atoms with Crippen LogP contribution in [0.3, 0.4) is 0 Å². The first-order valence-electron chi connectivity index (χ1n) is 6.46. The second-order valence-corrected chi connectivity index (χ2v) is 4.97. The lowest BCUT2D eigenvalue weighted by Crippen LogP contribution is -2.17. The summed E-state index contributed by atoms with van der Waals surface area (Å²) in [5.41, 5.74) is 0.885. The van der Waals surface area contributed by atoms with Gasteiger partial charge in [-0.15, -0.1) is 6.58 Å². The monoisotopic (exact) mass is 267 g/mol. The van der Waals surface area contributed by atoms with E-state index in [1.807, 2.05) is 12.1 Å². The average molecular weight is 268 g/mol. The minimum absolute atomic E-state index is 0.258. The fraction of sp³-hybridized carbons (Fsp3) is 0.467. The van der Waals surface area contributed by atoms with Gasteiger partial charge in [0.15, 0.2) is 0 Å². The number of hydrogen-bond donors (Lipinski definition) is 2. The molecule has 0 aliphatic rings. The number of nitrogens with one attached hydrogen (secondary N) is 1. The summed E-state index contributed by atoms with van der Waals surface area (Å²) < 4.78 is 0. The van der Waals surface area contributed by atoms with Crippen molar-refractivity contribution < 1.29 is 5.11 Å². The summed E-state index contributed by atoms with van der Waals surface area (Å²) in [7, 11) is 0. The second kappa shape index (κ2) is 8.17. The van der Waals surface area contributed by atoms with Gasteiger partial charge >= 0.3 is 0 Å². The lowest BCUT2D eigenvalue weighted by atomic mass is 9.98. The molecule has 1 rings (SSSR count). The maximum atomic E-state index is 9.69. The number of rotatable bonds is 8. The Morgan fingerprint density at radius 1 is 1.50 bits per heavy atom. The van der Waals surface area contributed by atoms with Crippen LogP contribution in [0.2, 0.25) is 5.02 Å². The standard InChI is InChI=1S/C15H22ClNO/c1-3-5-12(4-2)8-9-17-11-13-6-7-14(16)10-15(13)18/h3,6-7,10,12,17-18H,1,4-5,8-9,11H2,2H3. The number of phenols is 1. The van der Waals surface area contributed by atoms with Crippen molar-refractivity contribution in [3.05, 3.63) is 41.4 Å². The van der Waals surface area contributed by atoms with E-state index in [-0.39, 0.29) is 5.75 Å². The van der Waals surface area contributed by atoms with E-state index in [4.69, 9.17) is 11.6 Å². The van der Waals surface area contributed by atoms with Gasteiger partial charge in [-0.05, 0) is 37.4 Å². The van der Waals surface area contributed by atoms with Gasteiger partial charge in [0.05, 0.1) is 0 Å². The molecule has 2 nitrogen and oxygen atoms in total. The zero-order chi connectivity index (χ0) is 13.4. The number of allylic oxidation sites excluding steroid dienone is 1. The lowest BCUT2D eigenvalue weighted by Gasteiger charge is -2.13. The van der Waals surface area contributed by atoms with E-state index in [1.54, 1.807) is 12.1 Å². The number of halogens is 1. The number of phenolic OH excluding ortho intramolecular Hbond substituents is 1. The summed E-state index contributed by atoms with van der Waals surface area (Å²) in [6.45, 7) is 7.61. The van der Waals surface area contributed by atoms with E-state index < -0.39 is 0 Å². The maximum Gasteiger partial charge on any atom is 0.121 e. The Morgan fingerprint density at radius 3 is 2.89 bits per heavy atom. The Morgan fingerprint density at radius 2 is 2.28 bits per heavy atom. The molecule has 1 atom stereocenters. The molecule has 0 saturated heterocycles. The topological polar surface area (TPSA) is 32.3 Å². The maximum absolute atomic E-state index is 9.69. The van der Waals surface area contributed by atoms with Crippen LogP contribution in [0.1, 0.15) is 31.7 Å². The first-order chi connectivity index (χ1) is 8.67. The highest BCUT2D eigenvalue weighted by atomic mass is 35.5. The molecule has 0 amide bonds. The van der Waals surface area contributed by atoms with E-state index >= 15 is 0 Å². The van der Waals surface area contributed by atoms with Crippen LogP contribution in [-0.4, -0.2) is 11.7 Å². The number of benzene rings is 1. The fourth-order valence-corrected chi connectivity index (χ4v) is 2.11. The van der Waals surface area contributed by atoms with Crippen molar-refractivity contribution in [2.45, 2.75) is 32.7 Å². The predicted molar refractivity (Wildman–Crippen MR) is 78.0 cm³/mol. The molecule has 0 aliphatic heterocycles. The Bertz CT molecular complexity index is 379. The van der Waals surface area contributed by atoms with E-state index in [9.17, 15) is 5.11 Å². The third-order valence-electron chi connectivity index (χ3n) is 3.17. The SMILES string of the molecule is C=CCC(CC)CCNCc1ccc(Cl)cc1O. The Hall–Kier alpha value is -0.990. The molecule has 18 heavy (non-hydrogen) atoms. The van der Waals surface area contributed by atoms with Crippen LogP contribution in [0, 0.1) is 5.92 Å². The molecule has 0 aromatic heterocycles. The molecule has 1 unspecified atom stereocenters. The largest absolute Gasteiger partial charge is 0.508 e. The van der Waals surface area contributed by atoms with Gasteiger partial charge in [0.2, 0.25) is 0 Å². The summed E-state index contributed by atoms with van der Waals surface area (Å²) in [6.07, 6.45) is 5.38. The highest BCUT2D eigenvalue weighted by molar-refractivity contribution is 6.30. The van der Waals surface area contributed by atoms with Crippen molar-refractivity contribution in [1.82, 2.24) is 5.32 Å². The van der Waals surface area contributed by atoms with Crippen LogP contribution in [0.15, 0.2) is 30.9 Å². The third-order valence-corrected chi connectivity index (χ3v) is 3.40. The number of aromatic hydroxyl groups is 1. The second-order valence-electron chi connectivity index (χ2n) is 4.54.